The summed E-state index contributed by atoms with van der Waals surface area (Å²) in [5.41, 5.74) is 0.907. The third-order valence-electron chi connectivity index (χ3n) is 6.43. The maximum atomic E-state index is 15.5. The Labute approximate surface area is 186 Å². The van der Waals surface area contributed by atoms with Gasteiger partial charge in [-0.3, -0.25) is 4.79 Å². The molecule has 2 saturated heterocycles. The van der Waals surface area contributed by atoms with Gasteiger partial charge in [0.05, 0.1) is 12.3 Å². The van der Waals surface area contributed by atoms with Crippen molar-refractivity contribution in [2.45, 2.75) is 50.4 Å². The van der Waals surface area contributed by atoms with Gasteiger partial charge in [-0.05, 0) is 55.4 Å². The molecule has 3 aliphatic rings. The number of aliphatic hydroxyl groups excluding tert-OH is 1. The normalized spacial score (nSPS) is 25.8. The van der Waals surface area contributed by atoms with Crippen molar-refractivity contribution in [3.05, 3.63) is 59.7 Å². The molecule has 5 rings (SSSR count). The molecule has 0 radical (unpaired) electrons. The molecule has 0 unspecified atom stereocenters. The van der Waals surface area contributed by atoms with Crippen LogP contribution in [0.1, 0.15) is 25.3 Å². The monoisotopic (exact) mass is 464 g/mol. The molecule has 2 aromatic rings. The van der Waals surface area contributed by atoms with Crippen LogP contribution in [-0.4, -0.2) is 54.8 Å². The van der Waals surface area contributed by atoms with Crippen LogP contribution in [0.3, 0.4) is 0 Å². The SMILES string of the molecule is C[C@@H](O)C(=O)N1C2CC(C2)[C@H](NS(C)(=O)=O)[C@@H]1Cc1cccc(-c2cccc(F)c2)c1F. The Balaban J connectivity index is 1.72. The average molecular weight is 465 g/mol. The molecular weight excluding hydrogens is 438 g/mol. The van der Waals surface area contributed by atoms with E-state index in [2.05, 4.69) is 4.72 Å². The first-order valence-electron chi connectivity index (χ1n) is 10.6. The molecular formula is C23H26F2N2O4S. The lowest BCUT2D eigenvalue weighted by atomic mass is 9.66. The van der Waals surface area contributed by atoms with Crippen molar-refractivity contribution >= 4 is 15.9 Å². The molecule has 0 aromatic heterocycles. The van der Waals surface area contributed by atoms with Crippen molar-refractivity contribution < 1.29 is 27.1 Å². The molecule has 1 amide bonds. The second kappa shape index (κ2) is 8.53. The third kappa shape index (κ3) is 4.42. The van der Waals surface area contributed by atoms with Crippen LogP contribution in [0.4, 0.5) is 8.78 Å². The van der Waals surface area contributed by atoms with Crippen LogP contribution in [0.25, 0.3) is 11.1 Å². The van der Waals surface area contributed by atoms with Crippen LogP contribution in [-0.2, 0) is 21.2 Å². The van der Waals surface area contributed by atoms with E-state index in [-0.39, 0.29) is 23.9 Å². The van der Waals surface area contributed by atoms with Crippen LogP contribution in [0.2, 0.25) is 0 Å². The summed E-state index contributed by atoms with van der Waals surface area (Å²) in [7, 11) is -3.58. The Morgan fingerprint density at radius 2 is 1.91 bits per heavy atom. The van der Waals surface area contributed by atoms with Gasteiger partial charge < -0.3 is 10.0 Å². The summed E-state index contributed by atoms with van der Waals surface area (Å²) < 4.78 is 55.9. The number of fused-ring (bicyclic) bond motifs is 2. The number of halogens is 2. The Hall–Kier alpha value is -2.36. The lowest BCUT2D eigenvalue weighted by Gasteiger charge is -2.58. The van der Waals surface area contributed by atoms with Gasteiger partial charge in [-0.15, -0.1) is 0 Å². The highest BCUT2D eigenvalue weighted by Gasteiger charge is 2.53. The second-order valence-corrected chi connectivity index (χ2v) is 10.6. The Kier molecular flexibility index (Phi) is 6.08. The highest BCUT2D eigenvalue weighted by molar-refractivity contribution is 7.88. The Bertz CT molecular complexity index is 1130. The molecule has 172 valence electrons. The van der Waals surface area contributed by atoms with Crippen LogP contribution in [0, 0.1) is 17.6 Å². The average Bonchev–Trinajstić information content (AvgIpc) is 2.67. The molecule has 2 aromatic carbocycles. The number of hydrogen-bond donors (Lipinski definition) is 2. The summed E-state index contributed by atoms with van der Waals surface area (Å²) in [6, 6.07) is 9.07. The topological polar surface area (TPSA) is 86.7 Å². The number of nitrogens with zero attached hydrogens (tertiary/aromatic N) is 1. The minimum absolute atomic E-state index is 0.0345. The van der Waals surface area contributed by atoms with Gasteiger partial charge in [0.15, 0.2) is 0 Å². The third-order valence-corrected chi connectivity index (χ3v) is 7.13. The number of carbonyl (C=O) groups is 1. The maximum Gasteiger partial charge on any atom is 0.251 e. The molecule has 2 bridgehead atoms. The predicted molar refractivity (Wildman–Crippen MR) is 116 cm³/mol. The molecule has 2 heterocycles. The van der Waals surface area contributed by atoms with E-state index in [0.29, 0.717) is 24.0 Å². The van der Waals surface area contributed by atoms with E-state index in [4.69, 9.17) is 0 Å². The molecule has 2 N–H and O–H groups in total. The van der Waals surface area contributed by atoms with Crippen molar-refractivity contribution in [2.24, 2.45) is 5.92 Å². The van der Waals surface area contributed by atoms with E-state index in [1.165, 1.54) is 30.0 Å². The molecule has 32 heavy (non-hydrogen) atoms. The van der Waals surface area contributed by atoms with Crippen molar-refractivity contribution in [2.75, 3.05) is 6.26 Å². The first-order valence-corrected chi connectivity index (χ1v) is 12.4. The predicted octanol–water partition coefficient (Wildman–Crippen LogP) is 2.46. The molecule has 0 spiro atoms. The zero-order valence-electron chi connectivity index (χ0n) is 17.8. The molecule has 2 aliphatic heterocycles. The summed E-state index contributed by atoms with van der Waals surface area (Å²) in [6.45, 7) is 1.37. The summed E-state index contributed by atoms with van der Waals surface area (Å²) in [6.07, 6.45) is 1.13. The smallest absolute Gasteiger partial charge is 0.251 e. The largest absolute Gasteiger partial charge is 0.384 e. The van der Waals surface area contributed by atoms with E-state index in [1.54, 1.807) is 24.3 Å². The molecule has 3 atom stereocenters. The second-order valence-electron chi connectivity index (χ2n) is 8.78. The summed E-state index contributed by atoms with van der Waals surface area (Å²) in [5, 5.41) is 9.94. The zero-order valence-corrected chi connectivity index (χ0v) is 18.6. The van der Waals surface area contributed by atoms with Gasteiger partial charge in [0.2, 0.25) is 10.0 Å². The summed E-state index contributed by atoms with van der Waals surface area (Å²) >= 11 is 0. The fraction of sp³-hybridized carbons (Fsp3) is 0.435. The minimum atomic E-state index is -3.58. The maximum absolute atomic E-state index is 15.5. The minimum Gasteiger partial charge on any atom is -0.384 e. The van der Waals surface area contributed by atoms with E-state index in [1.807, 2.05) is 0 Å². The summed E-state index contributed by atoms with van der Waals surface area (Å²) in [5.74, 6) is -1.49. The fourth-order valence-electron chi connectivity index (χ4n) is 4.96. The van der Waals surface area contributed by atoms with Crippen LogP contribution in [0.15, 0.2) is 42.5 Å². The summed E-state index contributed by atoms with van der Waals surface area (Å²) in [4.78, 5) is 14.3. The lowest BCUT2D eigenvalue weighted by molar-refractivity contribution is -0.157. The first kappa shape index (κ1) is 22.8. The number of amides is 1. The number of carbonyl (C=O) groups excluding carboxylic acids is 1. The van der Waals surface area contributed by atoms with Crippen molar-refractivity contribution in [3.8, 4) is 11.1 Å². The molecule has 1 saturated carbocycles. The molecule has 9 heteroatoms. The van der Waals surface area contributed by atoms with E-state index in [9.17, 15) is 22.7 Å². The van der Waals surface area contributed by atoms with Crippen LogP contribution < -0.4 is 4.72 Å². The number of benzene rings is 2. The van der Waals surface area contributed by atoms with Gasteiger partial charge in [-0.25, -0.2) is 21.9 Å². The lowest BCUT2D eigenvalue weighted by Crippen LogP contribution is -2.71. The number of piperidine rings is 2. The van der Waals surface area contributed by atoms with E-state index >= 15 is 4.39 Å². The number of sulfonamides is 1. The van der Waals surface area contributed by atoms with Gasteiger partial charge in [0.1, 0.15) is 17.7 Å². The number of hydrogen-bond acceptors (Lipinski definition) is 4. The van der Waals surface area contributed by atoms with E-state index < -0.39 is 45.8 Å². The zero-order chi connectivity index (χ0) is 23.2. The van der Waals surface area contributed by atoms with E-state index in [0.717, 1.165) is 6.26 Å². The quantitative estimate of drug-likeness (QED) is 0.688. The fourth-order valence-corrected chi connectivity index (χ4v) is 5.80. The highest BCUT2D eigenvalue weighted by Crippen LogP contribution is 2.44. The number of rotatable bonds is 6. The van der Waals surface area contributed by atoms with Gasteiger partial charge in [-0.1, -0.05) is 30.3 Å². The highest BCUT2D eigenvalue weighted by atomic mass is 32.2. The van der Waals surface area contributed by atoms with Gasteiger partial charge in [0.25, 0.3) is 5.91 Å². The molecule has 6 nitrogen and oxygen atoms in total. The number of nitrogens with one attached hydrogen (secondary N) is 1. The van der Waals surface area contributed by atoms with Gasteiger partial charge >= 0.3 is 0 Å². The van der Waals surface area contributed by atoms with Gasteiger partial charge in [-0.2, -0.15) is 0 Å². The van der Waals surface area contributed by atoms with Crippen LogP contribution in [0.5, 0.6) is 0 Å². The molecule has 3 fully saturated rings. The van der Waals surface area contributed by atoms with Gasteiger partial charge in [0, 0.05) is 17.6 Å². The van der Waals surface area contributed by atoms with Crippen LogP contribution >= 0.6 is 0 Å². The van der Waals surface area contributed by atoms with Crippen molar-refractivity contribution in [3.63, 3.8) is 0 Å². The van der Waals surface area contributed by atoms with Crippen molar-refractivity contribution in [1.29, 1.82) is 0 Å². The Morgan fingerprint density at radius 1 is 1.22 bits per heavy atom. The Morgan fingerprint density at radius 3 is 2.53 bits per heavy atom. The number of aliphatic hydroxyl groups is 1. The first-order chi connectivity index (χ1) is 15.0. The van der Waals surface area contributed by atoms with Crippen molar-refractivity contribution in [1.82, 2.24) is 9.62 Å². The standard InChI is InChI=1S/C23H26F2N2O4S/c1-13(28)23(29)27-18-10-16(11-18)22(26-32(2,30)31)20(27)12-15-6-4-8-19(21(15)25)14-5-3-7-17(24)9-14/h3-9,13,16,18,20,22,26,28H,10-12H2,1-2H3/t13-,16?,18?,20+,22+/m1/s1. The molecule has 1 aliphatic carbocycles.